The minimum atomic E-state index is -0.464. The molecule has 0 saturated heterocycles. The molecule has 0 aromatic carbocycles. The highest BCUT2D eigenvalue weighted by atomic mass is 16.6. The molecule has 0 N–H and O–H groups in total. The second-order valence-electron chi connectivity index (χ2n) is 6.05. The van der Waals surface area contributed by atoms with E-state index in [0.717, 1.165) is 12.8 Å². The van der Waals surface area contributed by atoms with Crippen molar-refractivity contribution in [2.45, 2.75) is 65.4 Å². The van der Waals surface area contributed by atoms with E-state index >= 15 is 0 Å². The zero-order valence-corrected chi connectivity index (χ0v) is 11.4. The molecule has 0 aliphatic heterocycles. The normalized spacial score (nSPS) is 19.1. The number of ether oxygens (including phenoxy) is 1. The third-order valence-electron chi connectivity index (χ3n) is 3.30. The van der Waals surface area contributed by atoms with E-state index in [1.807, 2.05) is 20.8 Å². The van der Waals surface area contributed by atoms with Crippen LogP contribution in [0.3, 0.4) is 0 Å². The van der Waals surface area contributed by atoms with Crippen molar-refractivity contribution >= 4 is 11.8 Å². The number of hydrogen-bond donors (Lipinski definition) is 0. The molecule has 0 amide bonds. The van der Waals surface area contributed by atoms with Crippen molar-refractivity contribution in [1.29, 1.82) is 0 Å². The summed E-state index contributed by atoms with van der Waals surface area (Å²) in [7, 11) is 0. The average Bonchev–Trinajstić information content (AvgIpc) is 2.63. The van der Waals surface area contributed by atoms with Gasteiger partial charge in [-0.1, -0.05) is 12.8 Å². The van der Waals surface area contributed by atoms with Gasteiger partial charge in [-0.05, 0) is 46.5 Å². The maximum atomic E-state index is 11.8. The summed E-state index contributed by atoms with van der Waals surface area (Å²) in [6, 6.07) is 0. The molecule has 0 radical (unpaired) electrons. The van der Waals surface area contributed by atoms with E-state index in [0.29, 0.717) is 5.92 Å². The fourth-order valence-electron chi connectivity index (χ4n) is 2.56. The molecule has 0 aromatic heterocycles. The van der Waals surface area contributed by atoms with Gasteiger partial charge in [0.2, 0.25) is 0 Å². The van der Waals surface area contributed by atoms with Crippen molar-refractivity contribution in [3.63, 3.8) is 0 Å². The van der Waals surface area contributed by atoms with Crippen LogP contribution in [0.25, 0.3) is 0 Å². The highest BCUT2D eigenvalue weighted by Crippen LogP contribution is 2.34. The molecule has 0 aromatic rings. The third kappa shape index (κ3) is 4.88. The van der Waals surface area contributed by atoms with Crippen LogP contribution in [0.5, 0.6) is 0 Å². The van der Waals surface area contributed by atoms with Crippen LogP contribution in [0.1, 0.15) is 59.8 Å². The Balaban J connectivity index is 2.55. The van der Waals surface area contributed by atoms with Gasteiger partial charge in [-0.15, -0.1) is 0 Å². The van der Waals surface area contributed by atoms with Gasteiger partial charge < -0.3 is 4.74 Å². The Kier molecular flexibility index (Phi) is 4.72. The number of rotatable bonds is 4. The maximum absolute atomic E-state index is 11.8. The molecule has 1 saturated carbocycles. The summed E-state index contributed by atoms with van der Waals surface area (Å²) in [6.07, 6.45) is 4.77. The van der Waals surface area contributed by atoms with Crippen LogP contribution >= 0.6 is 0 Å². The van der Waals surface area contributed by atoms with Crippen LogP contribution in [-0.2, 0) is 14.3 Å². The molecular formula is C14H24O3. The van der Waals surface area contributed by atoms with Gasteiger partial charge in [0, 0.05) is 5.92 Å². The van der Waals surface area contributed by atoms with Gasteiger partial charge in [0.15, 0.2) is 0 Å². The Morgan fingerprint density at radius 2 is 1.76 bits per heavy atom. The van der Waals surface area contributed by atoms with Gasteiger partial charge in [0.1, 0.15) is 11.4 Å². The summed E-state index contributed by atoms with van der Waals surface area (Å²) in [6.45, 7) is 7.14. The lowest BCUT2D eigenvalue weighted by molar-refractivity contribution is -0.157. The second-order valence-corrected chi connectivity index (χ2v) is 6.05. The quantitative estimate of drug-likeness (QED) is 0.709. The Morgan fingerprint density at radius 1 is 1.24 bits per heavy atom. The number of Topliss-reactive ketones (excluding diaryl/α,β-unsaturated/α-hetero) is 1. The van der Waals surface area contributed by atoms with Crippen molar-refractivity contribution in [2.24, 2.45) is 11.8 Å². The van der Waals surface area contributed by atoms with E-state index in [4.69, 9.17) is 4.74 Å². The largest absolute Gasteiger partial charge is 0.460 e. The minimum Gasteiger partial charge on any atom is -0.460 e. The van der Waals surface area contributed by atoms with Gasteiger partial charge in [0.05, 0.1) is 6.42 Å². The van der Waals surface area contributed by atoms with Crippen LogP contribution in [0, 0.1) is 11.8 Å². The SMILES string of the molecule is CC(=O)C(CC(=O)OC(C)(C)C)C1CCCC1. The zero-order chi connectivity index (χ0) is 13.1. The highest BCUT2D eigenvalue weighted by Gasteiger charge is 2.31. The van der Waals surface area contributed by atoms with Crippen molar-refractivity contribution < 1.29 is 14.3 Å². The first-order chi connectivity index (χ1) is 7.79. The third-order valence-corrected chi connectivity index (χ3v) is 3.30. The summed E-state index contributed by atoms with van der Waals surface area (Å²) >= 11 is 0. The van der Waals surface area contributed by atoms with Crippen LogP contribution in [0.15, 0.2) is 0 Å². The zero-order valence-electron chi connectivity index (χ0n) is 11.4. The van der Waals surface area contributed by atoms with E-state index in [1.54, 1.807) is 6.92 Å². The first-order valence-electron chi connectivity index (χ1n) is 6.52. The number of carbonyl (C=O) groups is 2. The van der Waals surface area contributed by atoms with Crippen molar-refractivity contribution in [2.75, 3.05) is 0 Å². The molecule has 98 valence electrons. The maximum Gasteiger partial charge on any atom is 0.307 e. The Labute approximate surface area is 104 Å². The smallest absolute Gasteiger partial charge is 0.307 e. The number of carbonyl (C=O) groups excluding carboxylic acids is 2. The Morgan fingerprint density at radius 3 is 2.18 bits per heavy atom. The van der Waals surface area contributed by atoms with Gasteiger partial charge in [-0.2, -0.15) is 0 Å². The van der Waals surface area contributed by atoms with Gasteiger partial charge in [0.25, 0.3) is 0 Å². The molecule has 3 nitrogen and oxygen atoms in total. The molecule has 0 spiro atoms. The predicted molar refractivity (Wildman–Crippen MR) is 66.6 cm³/mol. The lowest BCUT2D eigenvalue weighted by atomic mass is 9.85. The number of ketones is 1. The fourth-order valence-corrected chi connectivity index (χ4v) is 2.56. The summed E-state index contributed by atoms with van der Waals surface area (Å²) in [4.78, 5) is 23.4. The minimum absolute atomic E-state index is 0.128. The van der Waals surface area contributed by atoms with E-state index in [-0.39, 0.29) is 24.1 Å². The van der Waals surface area contributed by atoms with Crippen LogP contribution in [0.4, 0.5) is 0 Å². The monoisotopic (exact) mass is 240 g/mol. The first-order valence-corrected chi connectivity index (χ1v) is 6.52. The molecule has 1 atom stereocenters. The van der Waals surface area contributed by atoms with Crippen LogP contribution < -0.4 is 0 Å². The van der Waals surface area contributed by atoms with Crippen molar-refractivity contribution in [1.82, 2.24) is 0 Å². The second kappa shape index (κ2) is 5.65. The van der Waals surface area contributed by atoms with Crippen LogP contribution in [-0.4, -0.2) is 17.4 Å². The molecule has 1 aliphatic carbocycles. The summed E-state index contributed by atoms with van der Waals surface area (Å²) in [5.74, 6) is 0.139. The van der Waals surface area contributed by atoms with Gasteiger partial charge >= 0.3 is 5.97 Å². The van der Waals surface area contributed by atoms with Gasteiger partial charge in [-0.3, -0.25) is 9.59 Å². The molecule has 1 unspecified atom stereocenters. The highest BCUT2D eigenvalue weighted by molar-refractivity contribution is 5.83. The summed E-state index contributed by atoms with van der Waals surface area (Å²) < 4.78 is 5.29. The van der Waals surface area contributed by atoms with Crippen LogP contribution in [0.2, 0.25) is 0 Å². The van der Waals surface area contributed by atoms with E-state index < -0.39 is 5.60 Å². The molecule has 0 heterocycles. The lowest BCUT2D eigenvalue weighted by Crippen LogP contribution is -2.29. The topological polar surface area (TPSA) is 43.4 Å². The van der Waals surface area contributed by atoms with E-state index in [1.165, 1.54) is 12.8 Å². The molecule has 1 rings (SSSR count). The van der Waals surface area contributed by atoms with Crippen molar-refractivity contribution in [3.05, 3.63) is 0 Å². The molecule has 17 heavy (non-hydrogen) atoms. The Bertz CT molecular complexity index is 282. The van der Waals surface area contributed by atoms with Crippen molar-refractivity contribution in [3.8, 4) is 0 Å². The summed E-state index contributed by atoms with van der Waals surface area (Å²) in [5, 5.41) is 0. The first kappa shape index (κ1) is 14.2. The van der Waals surface area contributed by atoms with E-state index in [2.05, 4.69) is 0 Å². The fraction of sp³-hybridized carbons (Fsp3) is 0.857. The Hall–Kier alpha value is -0.860. The number of hydrogen-bond acceptors (Lipinski definition) is 3. The predicted octanol–water partition coefficient (Wildman–Crippen LogP) is 3.11. The lowest BCUT2D eigenvalue weighted by Gasteiger charge is -2.24. The molecule has 0 bridgehead atoms. The molecule has 3 heteroatoms. The number of esters is 1. The molecule has 1 fully saturated rings. The van der Waals surface area contributed by atoms with E-state index in [9.17, 15) is 9.59 Å². The molecule has 1 aliphatic rings. The summed E-state index contributed by atoms with van der Waals surface area (Å²) in [5.41, 5.74) is -0.464. The average molecular weight is 240 g/mol. The molecular weight excluding hydrogens is 216 g/mol. The standard InChI is InChI=1S/C14H24O3/c1-10(15)12(11-7-5-6-8-11)9-13(16)17-14(2,3)4/h11-12H,5-9H2,1-4H3. The van der Waals surface area contributed by atoms with Gasteiger partial charge in [-0.25, -0.2) is 0 Å².